The Labute approximate surface area is 98.2 Å². The van der Waals surface area contributed by atoms with Crippen molar-refractivity contribution in [3.8, 4) is 5.75 Å². The van der Waals surface area contributed by atoms with Crippen LogP contribution in [-0.2, 0) is 4.79 Å². The summed E-state index contributed by atoms with van der Waals surface area (Å²) in [5, 5.41) is 12.6. The molecule has 0 bridgehead atoms. The number of alkyl halides is 1. The van der Waals surface area contributed by atoms with E-state index in [-0.39, 0.29) is 18.4 Å². The molecule has 1 aromatic rings. The summed E-state index contributed by atoms with van der Waals surface area (Å²) in [5.74, 6) is 0.227. The zero-order valence-electron chi connectivity index (χ0n) is 8.52. The molecule has 2 rings (SSSR count). The van der Waals surface area contributed by atoms with Gasteiger partial charge in [-0.25, -0.2) is 0 Å². The Kier molecular flexibility index (Phi) is 3.31. The Morgan fingerprint density at radius 3 is 3.06 bits per heavy atom. The summed E-state index contributed by atoms with van der Waals surface area (Å²) in [6.45, 7) is 0.251. The molecular weight excluding hydrogens is 230 g/mol. The minimum atomic E-state index is -0.753. The van der Waals surface area contributed by atoms with Gasteiger partial charge in [0.25, 0.3) is 0 Å². The molecule has 1 aliphatic heterocycles. The van der Waals surface area contributed by atoms with Crippen molar-refractivity contribution in [1.82, 2.24) is 5.32 Å². The first kappa shape index (κ1) is 11.2. The minimum Gasteiger partial charge on any atom is -0.491 e. The van der Waals surface area contributed by atoms with Crippen LogP contribution in [0.15, 0.2) is 24.3 Å². The molecule has 0 saturated heterocycles. The fourth-order valence-corrected chi connectivity index (χ4v) is 1.79. The third-order valence-electron chi connectivity index (χ3n) is 2.50. The lowest BCUT2D eigenvalue weighted by molar-refractivity contribution is -0.120. The van der Waals surface area contributed by atoms with Crippen LogP contribution in [0.1, 0.15) is 11.7 Å². The van der Waals surface area contributed by atoms with Crippen molar-refractivity contribution in [2.75, 3.05) is 12.5 Å². The van der Waals surface area contributed by atoms with Gasteiger partial charge < -0.3 is 15.2 Å². The maximum atomic E-state index is 11.1. The van der Waals surface area contributed by atoms with Gasteiger partial charge in [-0.15, -0.1) is 11.6 Å². The molecule has 0 saturated carbocycles. The van der Waals surface area contributed by atoms with Crippen LogP contribution in [0.2, 0.25) is 0 Å². The van der Waals surface area contributed by atoms with Crippen molar-refractivity contribution >= 4 is 17.5 Å². The van der Waals surface area contributed by atoms with Gasteiger partial charge in [0, 0.05) is 5.56 Å². The molecule has 0 radical (unpaired) electrons. The summed E-state index contributed by atoms with van der Waals surface area (Å²) in [6, 6.07) is 6.78. The Balaban J connectivity index is 2.15. The number of hydrogen-bond acceptors (Lipinski definition) is 3. The first-order chi connectivity index (χ1) is 7.72. The van der Waals surface area contributed by atoms with E-state index in [9.17, 15) is 9.90 Å². The second-order valence-electron chi connectivity index (χ2n) is 3.60. The molecular formula is C11H12ClNO3. The van der Waals surface area contributed by atoms with Crippen molar-refractivity contribution in [2.24, 2.45) is 0 Å². The second-order valence-corrected chi connectivity index (χ2v) is 3.87. The highest BCUT2D eigenvalue weighted by atomic mass is 35.5. The van der Waals surface area contributed by atoms with Gasteiger partial charge >= 0.3 is 0 Å². The lowest BCUT2D eigenvalue weighted by Crippen LogP contribution is -2.46. The average Bonchev–Trinajstić information content (AvgIpc) is 2.33. The molecule has 0 spiro atoms. The first-order valence-electron chi connectivity index (χ1n) is 4.97. The summed E-state index contributed by atoms with van der Waals surface area (Å²) in [5.41, 5.74) is 0.689. The third-order valence-corrected chi connectivity index (χ3v) is 2.75. The van der Waals surface area contributed by atoms with Crippen LogP contribution in [0.3, 0.4) is 0 Å². The quantitative estimate of drug-likeness (QED) is 0.755. The van der Waals surface area contributed by atoms with Gasteiger partial charge in [0.2, 0.25) is 5.91 Å². The van der Waals surface area contributed by atoms with Gasteiger partial charge in [-0.3, -0.25) is 4.79 Å². The van der Waals surface area contributed by atoms with Gasteiger partial charge in [-0.2, -0.15) is 0 Å². The molecule has 4 nitrogen and oxygen atoms in total. The number of hydrogen-bond donors (Lipinski definition) is 2. The number of carbonyl (C=O) groups is 1. The Hall–Kier alpha value is -1.26. The molecule has 86 valence electrons. The topological polar surface area (TPSA) is 58.6 Å². The number of halogens is 1. The zero-order valence-corrected chi connectivity index (χ0v) is 9.28. The number of aliphatic hydroxyl groups excluding tert-OH is 1. The largest absolute Gasteiger partial charge is 0.491 e. The first-order valence-corrected chi connectivity index (χ1v) is 5.51. The molecule has 0 fully saturated rings. The molecule has 0 aliphatic carbocycles. The molecule has 0 aromatic heterocycles. The number of carbonyl (C=O) groups excluding carboxylic acids is 1. The fourth-order valence-electron chi connectivity index (χ4n) is 1.71. The minimum absolute atomic E-state index is 0.120. The van der Waals surface area contributed by atoms with Crippen molar-refractivity contribution in [3.05, 3.63) is 29.8 Å². The number of aliphatic hydroxyl groups is 1. The molecule has 2 N–H and O–H groups in total. The van der Waals surface area contributed by atoms with E-state index in [0.717, 1.165) is 0 Å². The molecule has 1 aliphatic rings. The molecule has 2 atom stereocenters. The van der Waals surface area contributed by atoms with Crippen LogP contribution < -0.4 is 10.1 Å². The highest BCUT2D eigenvalue weighted by Crippen LogP contribution is 2.31. The Morgan fingerprint density at radius 2 is 2.31 bits per heavy atom. The lowest BCUT2D eigenvalue weighted by atomic mass is 9.99. The van der Waals surface area contributed by atoms with Crippen molar-refractivity contribution in [2.45, 2.75) is 12.1 Å². The molecule has 16 heavy (non-hydrogen) atoms. The Morgan fingerprint density at radius 1 is 1.56 bits per heavy atom. The molecule has 1 heterocycles. The maximum Gasteiger partial charge on any atom is 0.235 e. The van der Waals surface area contributed by atoms with E-state index in [4.69, 9.17) is 16.3 Å². The highest BCUT2D eigenvalue weighted by Gasteiger charge is 2.29. The van der Waals surface area contributed by atoms with Crippen LogP contribution in [-0.4, -0.2) is 29.5 Å². The Bertz CT molecular complexity index is 397. The normalized spacial score (nSPS) is 23.1. The molecule has 1 amide bonds. The summed E-state index contributed by atoms with van der Waals surface area (Å²) in [7, 11) is 0. The van der Waals surface area contributed by atoms with E-state index < -0.39 is 12.1 Å². The molecule has 0 unspecified atom stereocenters. The lowest BCUT2D eigenvalue weighted by Gasteiger charge is -2.30. The van der Waals surface area contributed by atoms with E-state index in [0.29, 0.717) is 11.3 Å². The van der Waals surface area contributed by atoms with E-state index in [2.05, 4.69) is 5.32 Å². The van der Waals surface area contributed by atoms with Crippen LogP contribution >= 0.6 is 11.6 Å². The molecule has 1 aromatic carbocycles. The van der Waals surface area contributed by atoms with Crippen molar-refractivity contribution in [1.29, 1.82) is 0 Å². The number of nitrogens with one attached hydrogen (secondary N) is 1. The SMILES string of the molecule is O=C(CCl)N[C@@H]1COc2ccccc2[C@@H]1O. The predicted octanol–water partition coefficient (Wildman–Crippen LogP) is 0.836. The standard InChI is InChI=1S/C11H12ClNO3/c12-5-10(14)13-8-6-16-9-4-2-1-3-7(9)11(8)15/h1-4,8,11,15H,5-6H2,(H,13,14)/t8-,11+/m1/s1. The number of rotatable bonds is 2. The van der Waals surface area contributed by atoms with Crippen LogP contribution in [0.4, 0.5) is 0 Å². The predicted molar refractivity (Wildman–Crippen MR) is 59.5 cm³/mol. The summed E-state index contributed by atoms with van der Waals surface area (Å²) in [6.07, 6.45) is -0.753. The molecule has 5 heteroatoms. The zero-order chi connectivity index (χ0) is 11.5. The number of fused-ring (bicyclic) bond motifs is 1. The van der Waals surface area contributed by atoms with E-state index >= 15 is 0 Å². The van der Waals surface area contributed by atoms with E-state index in [1.165, 1.54) is 0 Å². The third kappa shape index (κ3) is 2.13. The average molecular weight is 242 g/mol. The summed E-state index contributed by atoms with van der Waals surface area (Å²) >= 11 is 5.38. The van der Waals surface area contributed by atoms with Crippen LogP contribution in [0, 0.1) is 0 Å². The number of benzene rings is 1. The number of ether oxygens (including phenoxy) is 1. The van der Waals surface area contributed by atoms with E-state index in [1.807, 2.05) is 12.1 Å². The van der Waals surface area contributed by atoms with Crippen molar-refractivity contribution < 1.29 is 14.6 Å². The number of amides is 1. The monoisotopic (exact) mass is 241 g/mol. The van der Waals surface area contributed by atoms with Crippen LogP contribution in [0.5, 0.6) is 5.75 Å². The second kappa shape index (κ2) is 4.72. The maximum absolute atomic E-state index is 11.1. The van der Waals surface area contributed by atoms with Crippen LogP contribution in [0.25, 0.3) is 0 Å². The smallest absolute Gasteiger partial charge is 0.235 e. The van der Waals surface area contributed by atoms with Gasteiger partial charge in [0.05, 0.1) is 6.04 Å². The van der Waals surface area contributed by atoms with E-state index in [1.54, 1.807) is 12.1 Å². The highest BCUT2D eigenvalue weighted by molar-refractivity contribution is 6.27. The van der Waals surface area contributed by atoms with Gasteiger partial charge in [-0.1, -0.05) is 18.2 Å². The van der Waals surface area contributed by atoms with Crippen molar-refractivity contribution in [3.63, 3.8) is 0 Å². The summed E-state index contributed by atoms with van der Waals surface area (Å²) in [4.78, 5) is 11.1. The fraction of sp³-hybridized carbons (Fsp3) is 0.364. The summed E-state index contributed by atoms with van der Waals surface area (Å²) < 4.78 is 5.43. The van der Waals surface area contributed by atoms with Gasteiger partial charge in [0.15, 0.2) is 0 Å². The van der Waals surface area contributed by atoms with Gasteiger partial charge in [-0.05, 0) is 6.07 Å². The number of para-hydroxylation sites is 1. The van der Waals surface area contributed by atoms with Gasteiger partial charge in [0.1, 0.15) is 24.3 Å².